The van der Waals surface area contributed by atoms with Crippen molar-refractivity contribution in [2.45, 2.75) is 18.2 Å². The van der Waals surface area contributed by atoms with Gasteiger partial charge in [-0.2, -0.15) is 0 Å². The largest absolute Gasteiger partial charge is 0.493 e. The third-order valence-electron chi connectivity index (χ3n) is 4.88. The van der Waals surface area contributed by atoms with Crippen molar-refractivity contribution in [1.29, 1.82) is 0 Å². The first-order valence-corrected chi connectivity index (χ1v) is 11.5. The molecule has 168 valence electrons. The Kier molecular flexibility index (Phi) is 7.37. The number of rotatable bonds is 9. The quantitative estimate of drug-likeness (QED) is 0.513. The molecule has 2 N–H and O–H groups in total. The van der Waals surface area contributed by atoms with E-state index in [1.165, 1.54) is 0 Å². The Labute approximate surface area is 188 Å². The van der Waals surface area contributed by atoms with Crippen LogP contribution < -0.4 is 19.5 Å². The highest BCUT2D eigenvalue weighted by Gasteiger charge is 2.14. The van der Waals surface area contributed by atoms with E-state index in [0.717, 1.165) is 11.1 Å². The Balaban J connectivity index is 1.56. The third kappa shape index (κ3) is 5.79. The van der Waals surface area contributed by atoms with Crippen LogP contribution in [0, 0.1) is 6.92 Å². The summed E-state index contributed by atoms with van der Waals surface area (Å²) in [5, 5.41) is 2.86. The lowest BCUT2D eigenvalue weighted by Crippen LogP contribution is -2.25. The molecule has 8 heteroatoms. The van der Waals surface area contributed by atoms with E-state index in [1.54, 1.807) is 62.8 Å². The Morgan fingerprint density at radius 2 is 1.53 bits per heavy atom. The molecule has 0 bridgehead atoms. The average molecular weight is 455 g/mol. The van der Waals surface area contributed by atoms with Crippen molar-refractivity contribution in [1.82, 2.24) is 5.32 Å². The molecule has 0 heterocycles. The van der Waals surface area contributed by atoms with Crippen molar-refractivity contribution in [3.8, 4) is 11.5 Å². The molecular weight excluding hydrogens is 428 g/mol. The molecule has 0 radical (unpaired) electrons. The Hall–Kier alpha value is -3.52. The zero-order chi connectivity index (χ0) is 23.1. The van der Waals surface area contributed by atoms with Crippen molar-refractivity contribution >= 4 is 21.6 Å². The second kappa shape index (κ2) is 10.2. The SMILES string of the molecule is COc1ccc(CCNC(=O)c2ccc(NS(=O)(=O)c3ccc(C)cc3)cc2)cc1OC. The number of sulfonamides is 1. The van der Waals surface area contributed by atoms with Crippen LogP contribution in [-0.2, 0) is 16.4 Å². The molecule has 0 aliphatic carbocycles. The van der Waals surface area contributed by atoms with Gasteiger partial charge < -0.3 is 14.8 Å². The van der Waals surface area contributed by atoms with E-state index in [4.69, 9.17) is 9.47 Å². The van der Waals surface area contributed by atoms with Gasteiger partial charge in [-0.05, 0) is 67.4 Å². The number of methoxy groups -OCH3 is 2. The molecule has 3 aromatic rings. The van der Waals surface area contributed by atoms with Crippen molar-refractivity contribution in [2.75, 3.05) is 25.5 Å². The summed E-state index contributed by atoms with van der Waals surface area (Å²) in [7, 11) is -0.531. The van der Waals surface area contributed by atoms with Crippen molar-refractivity contribution in [3.05, 3.63) is 83.4 Å². The molecule has 1 amide bonds. The lowest BCUT2D eigenvalue weighted by atomic mass is 10.1. The molecule has 32 heavy (non-hydrogen) atoms. The van der Waals surface area contributed by atoms with Gasteiger partial charge in [-0.3, -0.25) is 9.52 Å². The smallest absolute Gasteiger partial charge is 0.261 e. The molecule has 3 aromatic carbocycles. The summed E-state index contributed by atoms with van der Waals surface area (Å²) in [5.74, 6) is 1.05. The maximum Gasteiger partial charge on any atom is 0.261 e. The number of ether oxygens (including phenoxy) is 2. The van der Waals surface area contributed by atoms with Crippen molar-refractivity contribution in [2.24, 2.45) is 0 Å². The summed E-state index contributed by atoms with van der Waals surface area (Å²) >= 11 is 0. The molecule has 0 atom stereocenters. The van der Waals surface area contributed by atoms with Gasteiger partial charge >= 0.3 is 0 Å². The second-order valence-corrected chi connectivity index (χ2v) is 8.87. The fraction of sp³-hybridized carbons (Fsp3) is 0.208. The third-order valence-corrected chi connectivity index (χ3v) is 6.27. The van der Waals surface area contributed by atoms with E-state index in [0.29, 0.717) is 35.7 Å². The first-order valence-electron chi connectivity index (χ1n) is 10.0. The van der Waals surface area contributed by atoms with Gasteiger partial charge in [0.15, 0.2) is 11.5 Å². The highest BCUT2D eigenvalue weighted by Crippen LogP contribution is 2.27. The fourth-order valence-corrected chi connectivity index (χ4v) is 4.14. The van der Waals surface area contributed by atoms with Gasteiger partial charge in [0.2, 0.25) is 0 Å². The molecule has 3 rings (SSSR count). The second-order valence-electron chi connectivity index (χ2n) is 7.19. The molecule has 0 unspecified atom stereocenters. The number of hydrogen-bond acceptors (Lipinski definition) is 5. The highest BCUT2D eigenvalue weighted by molar-refractivity contribution is 7.92. The lowest BCUT2D eigenvalue weighted by Gasteiger charge is -2.11. The number of carbonyl (C=O) groups excluding carboxylic acids is 1. The number of carbonyl (C=O) groups is 1. The van der Waals surface area contributed by atoms with E-state index in [1.807, 2.05) is 25.1 Å². The van der Waals surface area contributed by atoms with Crippen LogP contribution in [0.3, 0.4) is 0 Å². The maximum atomic E-state index is 12.5. The molecule has 0 fully saturated rings. The van der Waals surface area contributed by atoms with Gasteiger partial charge in [-0.15, -0.1) is 0 Å². The number of benzene rings is 3. The number of nitrogens with one attached hydrogen (secondary N) is 2. The summed E-state index contributed by atoms with van der Waals surface area (Å²) in [5.41, 5.74) is 2.80. The zero-order valence-corrected chi connectivity index (χ0v) is 19.0. The van der Waals surface area contributed by atoms with E-state index in [-0.39, 0.29) is 10.8 Å². The van der Waals surface area contributed by atoms with Crippen LogP contribution in [0.15, 0.2) is 71.6 Å². The summed E-state index contributed by atoms with van der Waals surface area (Å²) in [6, 6.07) is 18.5. The Bertz CT molecular complexity index is 1170. The van der Waals surface area contributed by atoms with E-state index in [9.17, 15) is 13.2 Å². The monoisotopic (exact) mass is 454 g/mol. The van der Waals surface area contributed by atoms with Crippen LogP contribution in [-0.4, -0.2) is 35.1 Å². The van der Waals surface area contributed by atoms with Gasteiger partial charge in [0.05, 0.1) is 19.1 Å². The van der Waals surface area contributed by atoms with Gasteiger partial charge in [-0.25, -0.2) is 8.42 Å². The van der Waals surface area contributed by atoms with Crippen LogP contribution in [0.25, 0.3) is 0 Å². The van der Waals surface area contributed by atoms with Crippen LogP contribution in [0.2, 0.25) is 0 Å². The standard InChI is InChI=1S/C24H26N2O5S/c1-17-4-11-21(12-5-17)32(28,29)26-20-9-7-19(8-10-20)24(27)25-15-14-18-6-13-22(30-2)23(16-18)31-3/h4-13,16,26H,14-15H2,1-3H3,(H,25,27). The Morgan fingerprint density at radius 1 is 0.875 bits per heavy atom. The first-order chi connectivity index (χ1) is 15.3. The number of aryl methyl sites for hydroxylation is 1. The molecule has 0 saturated carbocycles. The summed E-state index contributed by atoms with van der Waals surface area (Å²) in [4.78, 5) is 12.6. The fourth-order valence-electron chi connectivity index (χ4n) is 3.08. The van der Waals surface area contributed by atoms with E-state index < -0.39 is 10.0 Å². The lowest BCUT2D eigenvalue weighted by molar-refractivity contribution is 0.0954. The highest BCUT2D eigenvalue weighted by atomic mass is 32.2. The van der Waals surface area contributed by atoms with Gasteiger partial charge in [0, 0.05) is 17.8 Å². The minimum atomic E-state index is -3.69. The van der Waals surface area contributed by atoms with Crippen LogP contribution in [0.4, 0.5) is 5.69 Å². The molecular formula is C24H26N2O5S. The average Bonchev–Trinajstić information content (AvgIpc) is 2.79. The minimum absolute atomic E-state index is 0.181. The predicted octanol–water partition coefficient (Wildman–Crippen LogP) is 3.79. The zero-order valence-electron chi connectivity index (χ0n) is 18.2. The minimum Gasteiger partial charge on any atom is -0.493 e. The first kappa shape index (κ1) is 23.1. The number of hydrogen-bond donors (Lipinski definition) is 2. The molecule has 0 spiro atoms. The summed E-state index contributed by atoms with van der Waals surface area (Å²) in [6.07, 6.45) is 0.626. The van der Waals surface area contributed by atoms with Crippen molar-refractivity contribution in [3.63, 3.8) is 0 Å². The molecule has 7 nitrogen and oxygen atoms in total. The summed E-state index contributed by atoms with van der Waals surface area (Å²) in [6.45, 7) is 2.33. The van der Waals surface area contributed by atoms with Crippen LogP contribution in [0.5, 0.6) is 11.5 Å². The van der Waals surface area contributed by atoms with Crippen LogP contribution in [0.1, 0.15) is 21.5 Å². The predicted molar refractivity (Wildman–Crippen MR) is 124 cm³/mol. The Morgan fingerprint density at radius 3 is 2.16 bits per heavy atom. The topological polar surface area (TPSA) is 93.7 Å². The number of anilines is 1. The molecule has 0 aliphatic rings. The van der Waals surface area contributed by atoms with Crippen molar-refractivity contribution < 1.29 is 22.7 Å². The summed E-state index contributed by atoms with van der Waals surface area (Å²) < 4.78 is 38.0. The van der Waals surface area contributed by atoms with Gasteiger partial charge in [0.1, 0.15) is 0 Å². The maximum absolute atomic E-state index is 12.5. The molecule has 0 aliphatic heterocycles. The van der Waals surface area contributed by atoms with Gasteiger partial charge in [-0.1, -0.05) is 23.8 Å². The molecule has 0 aromatic heterocycles. The molecule has 0 saturated heterocycles. The normalized spacial score (nSPS) is 11.0. The van der Waals surface area contributed by atoms with E-state index in [2.05, 4.69) is 10.0 Å². The van der Waals surface area contributed by atoms with Crippen LogP contribution >= 0.6 is 0 Å². The van der Waals surface area contributed by atoms with E-state index >= 15 is 0 Å². The number of amides is 1. The van der Waals surface area contributed by atoms with Gasteiger partial charge in [0.25, 0.3) is 15.9 Å².